The number of likely N-dealkylation sites (tertiary alicyclic amines) is 1. The van der Waals surface area contributed by atoms with E-state index in [1.165, 1.54) is 6.92 Å². The topological polar surface area (TPSA) is 83.6 Å². The first-order valence-corrected chi connectivity index (χ1v) is 12.3. The number of rotatable bonds is 4. The molecular formula is C28H20Cl2N2O4. The summed E-state index contributed by atoms with van der Waals surface area (Å²) in [5.41, 5.74) is 3.79. The first-order valence-electron chi connectivity index (χ1n) is 11.5. The second kappa shape index (κ2) is 7.76. The number of ketones is 1. The minimum Gasteiger partial charge on any atom is -0.325 e. The second-order valence-electron chi connectivity index (χ2n) is 9.41. The zero-order valence-corrected chi connectivity index (χ0v) is 20.6. The lowest BCUT2D eigenvalue weighted by atomic mass is 9.54. The summed E-state index contributed by atoms with van der Waals surface area (Å²) in [5, 5.41) is 2.69. The van der Waals surface area contributed by atoms with Gasteiger partial charge in [-0.15, -0.1) is 23.2 Å². The molecule has 0 saturated carbocycles. The van der Waals surface area contributed by atoms with Crippen LogP contribution in [0.1, 0.15) is 39.5 Å². The van der Waals surface area contributed by atoms with E-state index >= 15 is 0 Å². The van der Waals surface area contributed by atoms with Gasteiger partial charge in [0.15, 0.2) is 5.78 Å². The largest absolute Gasteiger partial charge is 0.325 e. The van der Waals surface area contributed by atoms with E-state index in [0.717, 1.165) is 4.90 Å². The molecule has 4 aliphatic rings. The fraction of sp³-hybridized carbons (Fsp3) is 0.214. The average Bonchev–Trinajstić information content (AvgIpc) is 3.13. The summed E-state index contributed by atoms with van der Waals surface area (Å²) in [6.45, 7) is 0.986. The number of Topliss-reactive ketones (excluding diaryl/α,β-unsaturated/α-hetero) is 1. The third-order valence-corrected chi connectivity index (χ3v) is 8.84. The van der Waals surface area contributed by atoms with E-state index in [0.29, 0.717) is 33.5 Å². The summed E-state index contributed by atoms with van der Waals surface area (Å²) >= 11 is 14.7. The highest BCUT2D eigenvalue weighted by atomic mass is 35.5. The molecule has 0 unspecified atom stereocenters. The van der Waals surface area contributed by atoms with Gasteiger partial charge >= 0.3 is 0 Å². The minimum absolute atomic E-state index is 0.0922. The molecule has 1 heterocycles. The average molecular weight is 519 g/mol. The van der Waals surface area contributed by atoms with Crippen LogP contribution in [0.15, 0.2) is 72.8 Å². The quantitative estimate of drug-likeness (QED) is 0.314. The summed E-state index contributed by atoms with van der Waals surface area (Å²) in [7, 11) is 0. The molecular weight excluding hydrogens is 499 g/mol. The molecule has 8 heteroatoms. The molecule has 1 fully saturated rings. The Labute approximate surface area is 217 Å². The van der Waals surface area contributed by atoms with Crippen LogP contribution < -0.4 is 5.32 Å². The Balaban J connectivity index is 1.37. The zero-order chi connectivity index (χ0) is 25.4. The van der Waals surface area contributed by atoms with Crippen LogP contribution in [0, 0.1) is 11.8 Å². The molecule has 3 aliphatic carbocycles. The van der Waals surface area contributed by atoms with Gasteiger partial charge < -0.3 is 5.32 Å². The van der Waals surface area contributed by atoms with Crippen molar-refractivity contribution in [2.75, 3.05) is 11.9 Å². The SMILES string of the molecule is CC(=O)c1ccc(NC(=O)CN2C(=O)[C@@H]3[C@@H](C2=O)C2(Cl)c4ccccc4C3(Cl)c3ccccc32)cc1. The van der Waals surface area contributed by atoms with Gasteiger partial charge in [-0.2, -0.15) is 0 Å². The van der Waals surface area contributed by atoms with Crippen molar-refractivity contribution in [3.8, 4) is 0 Å². The predicted octanol–water partition coefficient (Wildman–Crippen LogP) is 4.42. The lowest BCUT2D eigenvalue weighted by molar-refractivity contribution is -0.142. The fourth-order valence-corrected chi connectivity index (χ4v) is 7.11. The number of nitrogens with zero attached hydrogens (tertiary/aromatic N) is 1. The number of nitrogens with one attached hydrogen (secondary N) is 1. The maximum absolute atomic E-state index is 13.8. The highest BCUT2D eigenvalue weighted by Crippen LogP contribution is 2.69. The van der Waals surface area contributed by atoms with Gasteiger partial charge in [-0.05, 0) is 53.4 Å². The van der Waals surface area contributed by atoms with Crippen LogP contribution >= 0.6 is 23.2 Å². The molecule has 7 rings (SSSR count). The van der Waals surface area contributed by atoms with E-state index in [9.17, 15) is 19.2 Å². The van der Waals surface area contributed by atoms with Crippen molar-refractivity contribution in [2.24, 2.45) is 11.8 Å². The number of benzene rings is 3. The monoisotopic (exact) mass is 518 g/mol. The number of halogens is 2. The molecule has 1 N–H and O–H groups in total. The van der Waals surface area contributed by atoms with Crippen LogP contribution in [0.25, 0.3) is 0 Å². The van der Waals surface area contributed by atoms with Gasteiger partial charge in [0.1, 0.15) is 16.3 Å². The standard InChI is InChI=1S/C28H20Cl2N2O4/c1-15(33)16-10-12-17(13-11-16)31-22(34)14-32-25(35)23-24(26(32)36)28(30)19-7-3-2-6-18(19)27(23,29)20-8-4-5-9-21(20)28/h2-13,23-24H,14H2,1H3,(H,31,34)/t23-,24-,27?,28?/m0/s1. The lowest BCUT2D eigenvalue weighted by Crippen LogP contribution is -2.57. The highest BCUT2D eigenvalue weighted by Gasteiger charge is 2.73. The van der Waals surface area contributed by atoms with Crippen molar-refractivity contribution in [1.29, 1.82) is 0 Å². The van der Waals surface area contributed by atoms with Gasteiger partial charge in [0.25, 0.3) is 0 Å². The number of amides is 3. The van der Waals surface area contributed by atoms with Gasteiger partial charge in [-0.1, -0.05) is 48.5 Å². The van der Waals surface area contributed by atoms with Crippen molar-refractivity contribution < 1.29 is 19.2 Å². The molecule has 2 atom stereocenters. The molecule has 3 aromatic rings. The van der Waals surface area contributed by atoms with Crippen LogP contribution in [0.5, 0.6) is 0 Å². The maximum Gasteiger partial charge on any atom is 0.244 e. The molecule has 0 spiro atoms. The zero-order valence-electron chi connectivity index (χ0n) is 19.1. The van der Waals surface area contributed by atoms with E-state index in [1.54, 1.807) is 24.3 Å². The van der Waals surface area contributed by atoms with Gasteiger partial charge in [-0.25, -0.2) is 0 Å². The number of hydrogen-bond donors (Lipinski definition) is 1. The van der Waals surface area contributed by atoms with Crippen LogP contribution in [-0.2, 0) is 24.1 Å². The van der Waals surface area contributed by atoms with Gasteiger partial charge in [0.2, 0.25) is 17.7 Å². The van der Waals surface area contributed by atoms with Crippen LogP contribution in [0.2, 0.25) is 0 Å². The van der Waals surface area contributed by atoms with E-state index in [-0.39, 0.29) is 5.78 Å². The maximum atomic E-state index is 13.8. The number of alkyl halides is 2. The van der Waals surface area contributed by atoms with Crippen LogP contribution in [0.4, 0.5) is 5.69 Å². The number of carbonyl (C=O) groups is 4. The Kier molecular flexibility index (Phi) is 4.95. The number of hydrogen-bond acceptors (Lipinski definition) is 4. The molecule has 180 valence electrons. The summed E-state index contributed by atoms with van der Waals surface area (Å²) in [4.78, 5) is 50.3. The molecule has 3 amide bonds. The summed E-state index contributed by atoms with van der Waals surface area (Å²) < 4.78 is 0. The fourth-order valence-electron chi connectivity index (χ4n) is 6.01. The number of carbonyl (C=O) groups excluding carboxylic acids is 4. The first-order chi connectivity index (χ1) is 17.2. The Morgan fingerprint density at radius 1 is 0.778 bits per heavy atom. The van der Waals surface area contributed by atoms with Crippen molar-refractivity contribution in [1.82, 2.24) is 4.90 Å². The molecule has 3 aromatic carbocycles. The number of imide groups is 1. The molecule has 2 bridgehead atoms. The van der Waals surface area contributed by atoms with E-state index in [1.807, 2.05) is 48.5 Å². The molecule has 6 nitrogen and oxygen atoms in total. The number of anilines is 1. The third-order valence-electron chi connectivity index (χ3n) is 7.55. The summed E-state index contributed by atoms with van der Waals surface area (Å²) in [5.74, 6) is -3.56. The second-order valence-corrected chi connectivity index (χ2v) is 10.6. The Bertz CT molecular complexity index is 1360. The minimum atomic E-state index is -1.28. The predicted molar refractivity (Wildman–Crippen MR) is 135 cm³/mol. The first kappa shape index (κ1) is 23.0. The van der Waals surface area contributed by atoms with Gasteiger partial charge in [0.05, 0.1) is 11.8 Å². The van der Waals surface area contributed by atoms with Crippen molar-refractivity contribution in [2.45, 2.75) is 16.7 Å². The van der Waals surface area contributed by atoms with Crippen LogP contribution in [-0.4, -0.2) is 34.9 Å². The highest BCUT2D eigenvalue weighted by molar-refractivity contribution is 6.36. The summed E-state index contributed by atoms with van der Waals surface area (Å²) in [6, 6.07) is 21.1. The van der Waals surface area contributed by atoms with Crippen molar-refractivity contribution in [3.63, 3.8) is 0 Å². The smallest absolute Gasteiger partial charge is 0.244 e. The lowest BCUT2D eigenvalue weighted by Gasteiger charge is -2.54. The van der Waals surface area contributed by atoms with Gasteiger partial charge in [-0.3, -0.25) is 24.1 Å². The normalized spacial score (nSPS) is 27.4. The third kappa shape index (κ3) is 2.85. The molecule has 0 radical (unpaired) electrons. The van der Waals surface area contributed by atoms with E-state index < -0.39 is 45.9 Å². The molecule has 36 heavy (non-hydrogen) atoms. The van der Waals surface area contributed by atoms with Crippen molar-refractivity contribution >= 4 is 52.4 Å². The van der Waals surface area contributed by atoms with E-state index in [2.05, 4.69) is 5.32 Å². The molecule has 0 aromatic heterocycles. The Morgan fingerprint density at radius 3 is 1.58 bits per heavy atom. The van der Waals surface area contributed by atoms with Crippen LogP contribution in [0.3, 0.4) is 0 Å². The Morgan fingerprint density at radius 2 is 1.19 bits per heavy atom. The molecule has 1 saturated heterocycles. The van der Waals surface area contributed by atoms with E-state index in [4.69, 9.17) is 23.2 Å². The molecule has 1 aliphatic heterocycles. The summed E-state index contributed by atoms with van der Waals surface area (Å²) in [6.07, 6.45) is 0. The van der Waals surface area contributed by atoms with Gasteiger partial charge in [0, 0.05) is 11.3 Å². The van der Waals surface area contributed by atoms with Crippen molar-refractivity contribution in [3.05, 3.63) is 101 Å². The Hall–Kier alpha value is -3.48.